The van der Waals surface area contributed by atoms with Gasteiger partial charge in [0.05, 0.1) is 0 Å². The molecule has 0 spiro atoms. The largest absolute Gasteiger partial charge is 0.556 e. The first-order valence-electron chi connectivity index (χ1n) is 8.11. The maximum atomic E-state index is 5.79. The Balaban J connectivity index is 0. The molecule has 24 heavy (non-hydrogen) atoms. The van der Waals surface area contributed by atoms with Crippen molar-refractivity contribution in [2.45, 2.75) is 59.0 Å². The number of ether oxygens (including phenoxy) is 2. The van der Waals surface area contributed by atoms with E-state index in [0.29, 0.717) is 17.8 Å². The van der Waals surface area contributed by atoms with Crippen LogP contribution in [-0.2, 0) is 74.9 Å². The molecule has 0 aromatic heterocycles. The molecule has 125 valence electrons. The van der Waals surface area contributed by atoms with Gasteiger partial charge in [-0.05, 0) is 12.0 Å². The van der Waals surface area contributed by atoms with E-state index in [1.807, 2.05) is 0 Å². The van der Waals surface area contributed by atoms with Gasteiger partial charge in [-0.15, -0.1) is 5.92 Å². The van der Waals surface area contributed by atoms with Gasteiger partial charge in [-0.1, -0.05) is 20.8 Å². The molecule has 0 aromatic rings. The van der Waals surface area contributed by atoms with Crippen molar-refractivity contribution in [3.8, 4) is 0 Å². The Morgan fingerprint density at radius 2 is 1.54 bits per heavy atom. The van der Waals surface area contributed by atoms with Gasteiger partial charge in [-0.3, -0.25) is 5.92 Å². The Kier molecular flexibility index (Phi) is 15.1. The molecule has 1 saturated carbocycles. The van der Waals surface area contributed by atoms with E-state index in [4.69, 9.17) is 25.2 Å². The van der Waals surface area contributed by atoms with Crippen molar-refractivity contribution >= 4 is 24.1 Å². The van der Waals surface area contributed by atoms with E-state index in [0.717, 1.165) is 18.9 Å². The molecule has 7 heteroatoms. The van der Waals surface area contributed by atoms with E-state index in [1.54, 1.807) is 5.92 Å². The molecule has 2 unspecified atom stereocenters. The topological polar surface area (TPSA) is 18.5 Å². The van der Waals surface area contributed by atoms with Crippen molar-refractivity contribution in [2.24, 2.45) is 23.7 Å². The van der Waals surface area contributed by atoms with Crippen molar-refractivity contribution in [3.05, 3.63) is 25.0 Å². The second kappa shape index (κ2) is 12.7. The van der Waals surface area contributed by atoms with Gasteiger partial charge in [-0.25, -0.2) is 6.10 Å². The van der Waals surface area contributed by atoms with E-state index < -0.39 is 0 Å². The third kappa shape index (κ3) is 6.17. The van der Waals surface area contributed by atoms with Crippen LogP contribution in [0.1, 0.15) is 47.0 Å². The van der Waals surface area contributed by atoms with Crippen molar-refractivity contribution < 1.29 is 74.9 Å². The zero-order chi connectivity index (χ0) is 15.7. The van der Waals surface area contributed by atoms with Crippen LogP contribution < -0.4 is 0 Å². The predicted molar refractivity (Wildman–Crippen MR) is 92.6 cm³/mol. The zero-order valence-electron chi connectivity index (χ0n) is 15.5. The Morgan fingerprint density at radius 3 is 1.83 bits per heavy atom. The van der Waals surface area contributed by atoms with Crippen molar-refractivity contribution in [1.29, 1.82) is 0 Å². The van der Waals surface area contributed by atoms with Crippen LogP contribution in [0.2, 0.25) is 0 Å². The summed E-state index contributed by atoms with van der Waals surface area (Å²) in [4.78, 5) is 0. The summed E-state index contributed by atoms with van der Waals surface area (Å²) < 4.78 is 10.9. The summed E-state index contributed by atoms with van der Waals surface area (Å²) >= 11 is 0. The molecule has 0 bridgehead atoms. The van der Waals surface area contributed by atoms with Crippen LogP contribution in [0, 0.1) is 48.7 Å². The fraction of sp³-hybridized carbons (Fsp3) is 0.765. The third-order valence-electron chi connectivity index (χ3n) is 5.13. The van der Waals surface area contributed by atoms with Crippen LogP contribution in [0.15, 0.2) is 0 Å². The molecular formula is C17H26B3O2Y2-4. The van der Waals surface area contributed by atoms with Crippen LogP contribution >= 0.6 is 0 Å². The molecule has 3 aliphatic rings. The van der Waals surface area contributed by atoms with Crippen LogP contribution in [0.4, 0.5) is 0 Å². The predicted octanol–water partition coefficient (Wildman–Crippen LogP) is 2.84. The summed E-state index contributed by atoms with van der Waals surface area (Å²) in [6, 6.07) is -0.191. The first kappa shape index (κ1) is 28.5. The average Bonchev–Trinajstić information content (AvgIpc) is 2.86. The van der Waals surface area contributed by atoms with Crippen molar-refractivity contribution in [2.75, 3.05) is 0 Å². The Bertz CT molecular complexity index is 352. The first-order chi connectivity index (χ1) is 9.90. The van der Waals surface area contributed by atoms with Crippen LogP contribution in [0.25, 0.3) is 0 Å². The minimum absolute atomic E-state index is 0. The number of hydrogen-bond donors (Lipinski definition) is 0. The third-order valence-corrected chi connectivity index (χ3v) is 5.13. The molecule has 0 amide bonds. The van der Waals surface area contributed by atoms with Gasteiger partial charge in [0, 0.05) is 73.8 Å². The molecule has 0 N–H and O–H groups in total. The Hall–Kier alpha value is 2.32. The molecule has 2 saturated heterocycles. The second-order valence-electron chi connectivity index (χ2n) is 6.45. The molecular weight excluding hydrogens is 446 g/mol. The Morgan fingerprint density at radius 1 is 1.04 bits per heavy atom. The van der Waals surface area contributed by atoms with Gasteiger partial charge in [0.1, 0.15) is 15.7 Å². The smallest absolute Gasteiger partial charge is 0.104 e. The fourth-order valence-corrected chi connectivity index (χ4v) is 3.58. The van der Waals surface area contributed by atoms with Gasteiger partial charge >= 0.3 is 0 Å². The molecule has 0 aromatic carbocycles. The summed E-state index contributed by atoms with van der Waals surface area (Å²) in [7, 11) is 11.4. The molecule has 2 nitrogen and oxygen atoms in total. The Labute approximate surface area is 204 Å². The molecule has 9 radical (unpaired) electrons. The first-order valence-corrected chi connectivity index (χ1v) is 8.11. The molecule has 6 atom stereocenters. The van der Waals surface area contributed by atoms with Gasteiger partial charge < -0.3 is 22.3 Å². The zero-order valence-corrected chi connectivity index (χ0v) is 21.2. The maximum Gasteiger partial charge on any atom is 0.104 e. The summed E-state index contributed by atoms with van der Waals surface area (Å²) in [5, 5.41) is 0. The molecule has 2 heterocycles. The minimum atomic E-state index is -0.176. The van der Waals surface area contributed by atoms with E-state index in [2.05, 4.69) is 34.6 Å². The summed E-state index contributed by atoms with van der Waals surface area (Å²) in [6.07, 6.45) is 5.47. The minimum Gasteiger partial charge on any atom is -0.556 e. The second-order valence-corrected chi connectivity index (χ2v) is 6.45. The summed E-state index contributed by atoms with van der Waals surface area (Å²) in [5.74, 6) is 3.43. The fourth-order valence-electron chi connectivity index (χ4n) is 3.58. The average molecular weight is 473 g/mol. The maximum absolute atomic E-state index is 5.79. The van der Waals surface area contributed by atoms with Gasteiger partial charge in [0.2, 0.25) is 0 Å². The van der Waals surface area contributed by atoms with Crippen molar-refractivity contribution in [3.63, 3.8) is 0 Å². The monoisotopic (exact) mass is 473 g/mol. The van der Waals surface area contributed by atoms with Crippen molar-refractivity contribution in [1.82, 2.24) is 0 Å². The van der Waals surface area contributed by atoms with Gasteiger partial charge in [0.15, 0.2) is 0 Å². The molecule has 1 aliphatic carbocycles. The normalized spacial score (nSPS) is 38.5. The van der Waals surface area contributed by atoms with E-state index in [-0.39, 0.29) is 91.8 Å². The number of fused-ring (bicyclic) bond motifs is 1. The van der Waals surface area contributed by atoms with E-state index in [9.17, 15) is 0 Å². The molecule has 2 aliphatic heterocycles. The summed E-state index contributed by atoms with van der Waals surface area (Å²) in [5.41, 5.74) is 0. The molecule has 3 fully saturated rings. The number of rotatable bonds is 2. The SMILES string of the molecule is [B].[B][C@@H]1O[C-](CC)C(C)[C@H]1[CH2-].[B][C@@H]1O[C-](CC)C2[C-](C)C[C@@H]21.[Y].[Y]. The van der Waals surface area contributed by atoms with E-state index in [1.165, 1.54) is 12.5 Å². The standard InChI is InChI=1S/C9H13BO.C8H13BO.B.2Y/c1-3-7-8-5(2)4-6(8)9(10)11-7;1-4-7-5(2)6(3)8(9)10-7;;;/h6,8-9H,3-4H2,1-2H3;5-6,8H,3-4H2,1-2H3;;;/q2*-2;;;/t6-,8?,9+;5?,6-,8-;;;/m01.../s1. The van der Waals surface area contributed by atoms with Crippen LogP contribution in [0.3, 0.4) is 0 Å². The number of hydrogen-bond acceptors (Lipinski definition) is 2. The van der Waals surface area contributed by atoms with E-state index >= 15 is 0 Å². The summed E-state index contributed by atoms with van der Waals surface area (Å²) in [6.45, 7) is 12.5. The quantitative estimate of drug-likeness (QED) is 0.455. The molecule has 3 rings (SSSR count). The van der Waals surface area contributed by atoms with Gasteiger partial charge in [0.25, 0.3) is 0 Å². The van der Waals surface area contributed by atoms with Gasteiger partial charge in [-0.2, -0.15) is 44.1 Å². The van der Waals surface area contributed by atoms with Crippen LogP contribution in [0.5, 0.6) is 0 Å². The van der Waals surface area contributed by atoms with Crippen LogP contribution in [-0.4, -0.2) is 36.1 Å².